The van der Waals surface area contributed by atoms with E-state index < -0.39 is 0 Å². The lowest BCUT2D eigenvalue weighted by Crippen LogP contribution is -1.99. The van der Waals surface area contributed by atoms with Gasteiger partial charge < -0.3 is 9.47 Å². The van der Waals surface area contributed by atoms with E-state index in [0.717, 1.165) is 10.6 Å². The van der Waals surface area contributed by atoms with Gasteiger partial charge in [-0.2, -0.15) is 0 Å². The lowest BCUT2D eigenvalue weighted by Gasteiger charge is -2.08. The highest BCUT2D eigenvalue weighted by Gasteiger charge is 2.22. The maximum absolute atomic E-state index is 11.4. The fraction of sp³-hybridized carbons (Fsp3) is 0.300. The third kappa shape index (κ3) is 1.35. The Bertz CT molecular complexity index is 387. The number of fused-ring (bicyclic) bond motifs is 1. The second-order valence-corrected chi connectivity index (χ2v) is 3.87. The van der Waals surface area contributed by atoms with Crippen LogP contribution >= 0.6 is 11.8 Å². The van der Waals surface area contributed by atoms with Crippen LogP contribution in [0.15, 0.2) is 17.0 Å². The molecule has 1 heterocycles. The van der Waals surface area contributed by atoms with Crippen LogP contribution in [0.25, 0.3) is 0 Å². The molecule has 4 heteroatoms. The molecule has 3 nitrogen and oxygen atoms in total. The van der Waals surface area contributed by atoms with Crippen molar-refractivity contribution in [2.24, 2.45) is 0 Å². The van der Waals surface area contributed by atoms with Gasteiger partial charge in [-0.05, 0) is 19.1 Å². The van der Waals surface area contributed by atoms with Gasteiger partial charge in [0.05, 0.1) is 17.6 Å². The third-order valence-corrected chi connectivity index (χ3v) is 3.00. The first kappa shape index (κ1) is 9.40. The topological polar surface area (TPSA) is 35.5 Å². The molecule has 0 radical (unpaired) electrons. The predicted molar refractivity (Wildman–Crippen MR) is 54.4 cm³/mol. The Morgan fingerprint density at radius 3 is 3.00 bits per heavy atom. The van der Waals surface area contributed by atoms with Crippen molar-refractivity contribution in [2.75, 3.05) is 13.0 Å². The van der Waals surface area contributed by atoms with E-state index in [1.54, 1.807) is 13.2 Å². The van der Waals surface area contributed by atoms with Crippen LogP contribution in [-0.2, 0) is 0 Å². The van der Waals surface area contributed by atoms with Crippen molar-refractivity contribution in [3.05, 3.63) is 17.7 Å². The minimum Gasteiger partial charge on any atom is -0.496 e. The van der Waals surface area contributed by atoms with Crippen LogP contribution in [0.3, 0.4) is 0 Å². The molecule has 0 amide bonds. The molecule has 0 aliphatic carbocycles. The largest absolute Gasteiger partial charge is 0.496 e. The quantitative estimate of drug-likeness (QED) is 0.702. The van der Waals surface area contributed by atoms with Gasteiger partial charge >= 0.3 is 0 Å². The van der Waals surface area contributed by atoms with Crippen LogP contribution in [0.2, 0.25) is 0 Å². The lowest BCUT2D eigenvalue weighted by molar-refractivity contribution is 0.101. The molecule has 1 aliphatic heterocycles. The first-order chi connectivity index (χ1) is 6.74. The maximum atomic E-state index is 11.4. The fourth-order valence-corrected chi connectivity index (χ4v) is 2.42. The average molecular weight is 210 g/mol. The van der Waals surface area contributed by atoms with Crippen LogP contribution in [0.4, 0.5) is 0 Å². The van der Waals surface area contributed by atoms with E-state index in [9.17, 15) is 4.79 Å². The standard InChI is InChI=1S/C10H10O3S/c1-6(11)9-7(12-2)3-4-8-10(9)14-5-13-8/h3-4H,5H2,1-2H3. The Kier molecular flexibility index (Phi) is 2.37. The molecular weight excluding hydrogens is 200 g/mol. The predicted octanol–water partition coefficient (Wildman–Crippen LogP) is 2.34. The van der Waals surface area contributed by atoms with E-state index >= 15 is 0 Å². The molecule has 0 spiro atoms. The number of carbonyl (C=O) groups is 1. The highest BCUT2D eigenvalue weighted by Crippen LogP contribution is 2.42. The molecule has 0 aromatic heterocycles. The molecule has 74 valence electrons. The SMILES string of the molecule is COc1ccc2c(c1C(C)=O)SCO2. The summed E-state index contributed by atoms with van der Waals surface area (Å²) in [5, 5.41) is 0. The summed E-state index contributed by atoms with van der Waals surface area (Å²) in [7, 11) is 1.56. The summed E-state index contributed by atoms with van der Waals surface area (Å²) in [6.07, 6.45) is 0. The maximum Gasteiger partial charge on any atom is 0.164 e. The van der Waals surface area contributed by atoms with Gasteiger partial charge in [-0.25, -0.2) is 0 Å². The molecule has 0 fully saturated rings. The minimum absolute atomic E-state index is 0.0108. The monoisotopic (exact) mass is 210 g/mol. The van der Waals surface area contributed by atoms with Crippen molar-refractivity contribution in [1.82, 2.24) is 0 Å². The molecule has 1 aliphatic rings. The Hall–Kier alpha value is -1.16. The van der Waals surface area contributed by atoms with E-state index in [1.165, 1.54) is 18.7 Å². The average Bonchev–Trinajstić information content (AvgIpc) is 2.62. The highest BCUT2D eigenvalue weighted by molar-refractivity contribution is 7.99. The number of carbonyl (C=O) groups excluding carboxylic acids is 1. The molecule has 1 aromatic carbocycles. The molecule has 0 saturated carbocycles. The zero-order chi connectivity index (χ0) is 10.1. The van der Waals surface area contributed by atoms with Gasteiger partial charge in [-0.15, -0.1) is 0 Å². The summed E-state index contributed by atoms with van der Waals surface area (Å²) in [4.78, 5) is 12.3. The molecule has 0 bridgehead atoms. The highest BCUT2D eigenvalue weighted by atomic mass is 32.2. The van der Waals surface area contributed by atoms with Crippen LogP contribution in [0.1, 0.15) is 17.3 Å². The number of ketones is 1. The molecule has 0 saturated heterocycles. The van der Waals surface area contributed by atoms with E-state index in [0.29, 0.717) is 17.3 Å². The summed E-state index contributed by atoms with van der Waals surface area (Å²) in [5.74, 6) is 1.98. The van der Waals surface area contributed by atoms with Crippen LogP contribution in [-0.4, -0.2) is 18.8 Å². The molecule has 2 rings (SSSR count). The minimum atomic E-state index is 0.0108. The van der Waals surface area contributed by atoms with E-state index in [-0.39, 0.29) is 5.78 Å². The second kappa shape index (κ2) is 3.53. The Labute approximate surface area is 86.4 Å². The molecular formula is C10H10O3S. The number of Topliss-reactive ketones (excluding diaryl/α,β-unsaturated/α-hetero) is 1. The zero-order valence-electron chi connectivity index (χ0n) is 7.99. The first-order valence-corrected chi connectivity index (χ1v) is 5.20. The molecule has 0 N–H and O–H groups in total. The molecule has 14 heavy (non-hydrogen) atoms. The van der Waals surface area contributed by atoms with Gasteiger partial charge in [0, 0.05) is 0 Å². The smallest absolute Gasteiger partial charge is 0.164 e. The van der Waals surface area contributed by atoms with Gasteiger partial charge in [0.2, 0.25) is 0 Å². The number of hydrogen-bond acceptors (Lipinski definition) is 4. The molecule has 0 unspecified atom stereocenters. The summed E-state index contributed by atoms with van der Waals surface area (Å²) in [6, 6.07) is 3.60. The van der Waals surface area contributed by atoms with Gasteiger partial charge in [0.25, 0.3) is 0 Å². The summed E-state index contributed by atoms with van der Waals surface area (Å²) in [5.41, 5.74) is 0.632. The Morgan fingerprint density at radius 1 is 1.57 bits per heavy atom. The van der Waals surface area contributed by atoms with E-state index in [1.807, 2.05) is 6.07 Å². The van der Waals surface area contributed by atoms with Crippen molar-refractivity contribution in [3.8, 4) is 11.5 Å². The van der Waals surface area contributed by atoms with Gasteiger partial charge in [-0.1, -0.05) is 11.8 Å². The van der Waals surface area contributed by atoms with Crippen molar-refractivity contribution >= 4 is 17.5 Å². The summed E-state index contributed by atoms with van der Waals surface area (Å²) in [6.45, 7) is 1.54. The number of methoxy groups -OCH3 is 1. The Morgan fingerprint density at radius 2 is 2.36 bits per heavy atom. The number of hydrogen-bond donors (Lipinski definition) is 0. The van der Waals surface area contributed by atoms with E-state index in [2.05, 4.69) is 0 Å². The number of rotatable bonds is 2. The number of thioether (sulfide) groups is 1. The van der Waals surface area contributed by atoms with Gasteiger partial charge in [-0.3, -0.25) is 4.79 Å². The number of ether oxygens (including phenoxy) is 2. The van der Waals surface area contributed by atoms with Crippen molar-refractivity contribution in [3.63, 3.8) is 0 Å². The summed E-state index contributed by atoms with van der Waals surface area (Å²) < 4.78 is 10.5. The van der Waals surface area contributed by atoms with Gasteiger partial charge in [0.15, 0.2) is 5.78 Å². The fourth-order valence-electron chi connectivity index (χ4n) is 1.46. The van der Waals surface area contributed by atoms with Crippen LogP contribution in [0.5, 0.6) is 11.5 Å². The normalized spacial score (nSPS) is 13.3. The van der Waals surface area contributed by atoms with Crippen LogP contribution < -0.4 is 9.47 Å². The zero-order valence-corrected chi connectivity index (χ0v) is 8.81. The van der Waals surface area contributed by atoms with Crippen molar-refractivity contribution in [2.45, 2.75) is 11.8 Å². The third-order valence-electron chi connectivity index (χ3n) is 2.07. The first-order valence-electron chi connectivity index (χ1n) is 4.21. The summed E-state index contributed by atoms with van der Waals surface area (Å²) >= 11 is 1.53. The Balaban J connectivity index is 2.62. The second-order valence-electron chi connectivity index (χ2n) is 2.93. The molecule has 0 atom stereocenters. The van der Waals surface area contributed by atoms with E-state index in [4.69, 9.17) is 9.47 Å². The van der Waals surface area contributed by atoms with Crippen LogP contribution in [0, 0.1) is 0 Å². The van der Waals surface area contributed by atoms with Gasteiger partial charge in [0.1, 0.15) is 17.4 Å². The number of benzene rings is 1. The lowest BCUT2D eigenvalue weighted by atomic mass is 10.1. The van der Waals surface area contributed by atoms with Crippen molar-refractivity contribution in [1.29, 1.82) is 0 Å². The molecule has 1 aromatic rings. The van der Waals surface area contributed by atoms with Crippen molar-refractivity contribution < 1.29 is 14.3 Å².